The molecular formula is C25H26BrNO4S. The van der Waals surface area contributed by atoms with Crippen LogP contribution in [0.25, 0.3) is 11.1 Å². The third-order valence-corrected chi connectivity index (χ3v) is 6.48. The third kappa shape index (κ3) is 5.78. The summed E-state index contributed by atoms with van der Waals surface area (Å²) in [6.45, 7) is 6.00. The first-order valence-corrected chi connectivity index (χ1v) is 12.2. The number of carbonyl (C=O) groups is 2. The molecule has 0 aliphatic heterocycles. The van der Waals surface area contributed by atoms with Gasteiger partial charge in [-0.15, -0.1) is 11.3 Å². The van der Waals surface area contributed by atoms with Gasteiger partial charge in [-0.05, 0) is 64.5 Å². The van der Waals surface area contributed by atoms with Crippen molar-refractivity contribution in [1.82, 2.24) is 0 Å². The van der Waals surface area contributed by atoms with Gasteiger partial charge in [-0.25, -0.2) is 4.79 Å². The van der Waals surface area contributed by atoms with Crippen molar-refractivity contribution in [3.8, 4) is 16.9 Å². The Hall–Kier alpha value is -2.64. The SMILES string of the molecule is CCOC(=O)c1c(-c2ccc(CC)cc2)csc1NC(=O)COc1ccc(CC)cc1Br. The number of halogens is 1. The Kier molecular flexibility index (Phi) is 8.47. The Labute approximate surface area is 200 Å². The molecule has 0 unspecified atom stereocenters. The second-order valence-corrected chi connectivity index (χ2v) is 8.81. The molecule has 0 spiro atoms. The van der Waals surface area contributed by atoms with E-state index in [9.17, 15) is 9.59 Å². The summed E-state index contributed by atoms with van der Waals surface area (Å²) in [5.74, 6) is -0.222. The molecule has 0 saturated heterocycles. The zero-order chi connectivity index (χ0) is 23.1. The van der Waals surface area contributed by atoms with E-state index in [1.54, 1.807) is 6.92 Å². The maximum Gasteiger partial charge on any atom is 0.341 e. The van der Waals surface area contributed by atoms with Crippen molar-refractivity contribution >= 4 is 44.1 Å². The Balaban J connectivity index is 1.78. The minimum Gasteiger partial charge on any atom is -0.483 e. The van der Waals surface area contributed by atoms with Gasteiger partial charge in [0, 0.05) is 10.9 Å². The molecular weight excluding hydrogens is 490 g/mol. The number of ether oxygens (including phenoxy) is 2. The van der Waals surface area contributed by atoms with Crippen LogP contribution in [0.15, 0.2) is 52.3 Å². The summed E-state index contributed by atoms with van der Waals surface area (Å²) in [6.07, 6.45) is 1.85. The van der Waals surface area contributed by atoms with E-state index in [2.05, 4.69) is 35.1 Å². The second-order valence-electron chi connectivity index (χ2n) is 7.08. The Morgan fingerprint density at radius 3 is 2.31 bits per heavy atom. The van der Waals surface area contributed by atoms with Crippen molar-refractivity contribution in [1.29, 1.82) is 0 Å². The number of thiophene rings is 1. The summed E-state index contributed by atoms with van der Waals surface area (Å²) in [7, 11) is 0. The van der Waals surface area contributed by atoms with Crippen LogP contribution in [-0.4, -0.2) is 25.1 Å². The van der Waals surface area contributed by atoms with E-state index in [4.69, 9.17) is 9.47 Å². The predicted octanol–water partition coefficient (Wildman–Crippen LogP) is 6.50. The van der Waals surface area contributed by atoms with E-state index in [0.717, 1.165) is 28.4 Å². The van der Waals surface area contributed by atoms with Gasteiger partial charge in [-0.1, -0.05) is 44.2 Å². The van der Waals surface area contributed by atoms with Gasteiger partial charge in [-0.3, -0.25) is 4.79 Å². The lowest BCUT2D eigenvalue weighted by Crippen LogP contribution is -2.21. The minimum absolute atomic E-state index is 0.176. The second kappa shape index (κ2) is 11.3. The van der Waals surface area contributed by atoms with E-state index < -0.39 is 5.97 Å². The first-order valence-electron chi connectivity index (χ1n) is 10.6. The number of anilines is 1. The van der Waals surface area contributed by atoms with Gasteiger partial charge in [0.1, 0.15) is 16.3 Å². The lowest BCUT2D eigenvalue weighted by molar-refractivity contribution is -0.118. The Bertz CT molecular complexity index is 1090. The molecule has 5 nitrogen and oxygen atoms in total. The average molecular weight is 516 g/mol. The van der Waals surface area contributed by atoms with Gasteiger partial charge < -0.3 is 14.8 Å². The first-order chi connectivity index (χ1) is 15.5. The van der Waals surface area contributed by atoms with Crippen LogP contribution in [0.5, 0.6) is 5.75 Å². The molecule has 7 heteroatoms. The molecule has 0 aliphatic rings. The van der Waals surface area contributed by atoms with Crippen molar-refractivity contribution < 1.29 is 19.1 Å². The minimum atomic E-state index is -0.461. The van der Waals surface area contributed by atoms with Crippen LogP contribution in [0.1, 0.15) is 42.3 Å². The molecule has 32 heavy (non-hydrogen) atoms. The smallest absolute Gasteiger partial charge is 0.341 e. The number of amides is 1. The largest absolute Gasteiger partial charge is 0.483 e. The Morgan fingerprint density at radius 1 is 1.00 bits per heavy atom. The maximum atomic E-state index is 12.7. The van der Waals surface area contributed by atoms with E-state index >= 15 is 0 Å². The zero-order valence-electron chi connectivity index (χ0n) is 18.4. The topological polar surface area (TPSA) is 64.6 Å². The first kappa shape index (κ1) is 24.0. The molecule has 3 aromatic rings. The molecule has 1 heterocycles. The summed E-state index contributed by atoms with van der Waals surface area (Å²) in [4.78, 5) is 25.3. The van der Waals surface area contributed by atoms with Crippen LogP contribution in [0.2, 0.25) is 0 Å². The van der Waals surface area contributed by atoms with E-state index in [1.165, 1.54) is 22.5 Å². The fraction of sp³-hybridized carbons (Fsp3) is 0.280. The Morgan fingerprint density at radius 2 is 1.69 bits per heavy atom. The number of carbonyl (C=O) groups excluding carboxylic acids is 2. The van der Waals surface area contributed by atoms with Crippen LogP contribution < -0.4 is 10.1 Å². The van der Waals surface area contributed by atoms with Gasteiger partial charge in [0.05, 0.1) is 11.1 Å². The van der Waals surface area contributed by atoms with E-state index in [-0.39, 0.29) is 19.1 Å². The molecule has 0 radical (unpaired) electrons. The molecule has 0 bridgehead atoms. The molecule has 0 aliphatic carbocycles. The number of rotatable bonds is 9. The van der Waals surface area contributed by atoms with Gasteiger partial charge in [0.25, 0.3) is 5.91 Å². The number of aryl methyl sites for hydroxylation is 2. The standard InChI is InChI=1S/C25H26BrNO4S/c1-4-16-7-10-18(11-8-16)19-15-32-24(23(19)25(29)30-6-3)27-22(28)14-31-21-12-9-17(5-2)13-20(21)26/h7-13,15H,4-6,14H2,1-3H3,(H,27,28). The van der Waals surface area contributed by atoms with Gasteiger partial charge in [0.2, 0.25) is 0 Å². The van der Waals surface area contributed by atoms with Crippen molar-refractivity contribution in [2.24, 2.45) is 0 Å². The molecule has 1 aromatic heterocycles. The highest BCUT2D eigenvalue weighted by Crippen LogP contribution is 2.36. The number of hydrogen-bond donors (Lipinski definition) is 1. The maximum absolute atomic E-state index is 12.7. The highest BCUT2D eigenvalue weighted by atomic mass is 79.9. The molecule has 1 amide bonds. The van der Waals surface area contributed by atoms with Crippen molar-refractivity contribution in [2.45, 2.75) is 33.6 Å². The number of nitrogens with one attached hydrogen (secondary N) is 1. The summed E-state index contributed by atoms with van der Waals surface area (Å²) in [5, 5.41) is 5.13. The summed E-state index contributed by atoms with van der Waals surface area (Å²) in [5.41, 5.74) is 4.39. The van der Waals surface area contributed by atoms with Crippen LogP contribution in [0.3, 0.4) is 0 Å². The van der Waals surface area contributed by atoms with Crippen molar-refractivity contribution in [3.63, 3.8) is 0 Å². The van der Waals surface area contributed by atoms with Gasteiger partial charge in [0.15, 0.2) is 6.61 Å². The van der Waals surface area contributed by atoms with Crippen LogP contribution >= 0.6 is 27.3 Å². The average Bonchev–Trinajstić information content (AvgIpc) is 3.21. The molecule has 3 rings (SSSR count). The number of hydrogen-bond acceptors (Lipinski definition) is 5. The summed E-state index contributed by atoms with van der Waals surface area (Å²) >= 11 is 4.77. The molecule has 0 fully saturated rings. The molecule has 0 atom stereocenters. The van der Waals surface area contributed by atoms with Crippen molar-refractivity contribution in [2.75, 3.05) is 18.5 Å². The molecule has 0 saturated carbocycles. The monoisotopic (exact) mass is 515 g/mol. The third-order valence-electron chi connectivity index (χ3n) is 4.96. The normalized spacial score (nSPS) is 10.6. The van der Waals surface area contributed by atoms with Crippen LogP contribution in [0.4, 0.5) is 5.00 Å². The molecule has 2 aromatic carbocycles. The van der Waals surface area contributed by atoms with E-state index in [1.807, 2.05) is 47.8 Å². The van der Waals surface area contributed by atoms with Crippen LogP contribution in [0, 0.1) is 0 Å². The molecule has 1 N–H and O–H groups in total. The number of esters is 1. The number of benzene rings is 2. The highest BCUT2D eigenvalue weighted by molar-refractivity contribution is 9.10. The summed E-state index contributed by atoms with van der Waals surface area (Å²) < 4.78 is 11.7. The van der Waals surface area contributed by atoms with Gasteiger partial charge in [-0.2, -0.15) is 0 Å². The fourth-order valence-corrected chi connectivity index (χ4v) is 4.69. The lowest BCUT2D eigenvalue weighted by atomic mass is 10.0. The van der Waals surface area contributed by atoms with Crippen molar-refractivity contribution in [3.05, 3.63) is 69.0 Å². The highest BCUT2D eigenvalue weighted by Gasteiger charge is 2.23. The predicted molar refractivity (Wildman–Crippen MR) is 133 cm³/mol. The fourth-order valence-electron chi connectivity index (χ4n) is 3.18. The quantitative estimate of drug-likeness (QED) is 0.330. The van der Waals surface area contributed by atoms with Crippen LogP contribution in [-0.2, 0) is 22.4 Å². The van der Waals surface area contributed by atoms with Gasteiger partial charge >= 0.3 is 5.97 Å². The lowest BCUT2D eigenvalue weighted by Gasteiger charge is -2.11. The summed E-state index contributed by atoms with van der Waals surface area (Å²) in [6, 6.07) is 13.8. The molecule has 168 valence electrons. The van der Waals surface area contributed by atoms with E-state index in [0.29, 0.717) is 16.3 Å². The zero-order valence-corrected chi connectivity index (χ0v) is 20.8.